The normalized spacial score (nSPS) is 10.8. The third-order valence-electron chi connectivity index (χ3n) is 1.60. The maximum atomic E-state index is 10.4. The van der Waals surface area contributed by atoms with Crippen LogP contribution < -0.4 is 5.73 Å². The first kappa shape index (κ1) is 8.52. The van der Waals surface area contributed by atoms with Crippen molar-refractivity contribution in [3.05, 3.63) is 23.0 Å². The summed E-state index contributed by atoms with van der Waals surface area (Å²) >= 11 is 0. The maximum absolute atomic E-state index is 10.4. The van der Waals surface area contributed by atoms with Crippen molar-refractivity contribution in [2.45, 2.75) is 13.8 Å². The third-order valence-corrected chi connectivity index (χ3v) is 1.60. The van der Waals surface area contributed by atoms with Crippen LogP contribution in [0, 0.1) is 13.8 Å². The highest BCUT2D eigenvalue weighted by molar-refractivity contribution is 5.90. The van der Waals surface area contributed by atoms with Gasteiger partial charge in [-0.3, -0.25) is 9.89 Å². The lowest BCUT2D eigenvalue weighted by Gasteiger charge is -1.89. The highest BCUT2D eigenvalue weighted by atomic mass is 16.1. The molecule has 0 spiro atoms. The first-order chi connectivity index (χ1) is 5.61. The van der Waals surface area contributed by atoms with Crippen molar-refractivity contribution in [3.8, 4) is 0 Å². The smallest absolute Gasteiger partial charge is 0.241 e. The summed E-state index contributed by atoms with van der Waals surface area (Å²) in [6, 6.07) is 0. The minimum absolute atomic E-state index is 0.449. The summed E-state index contributed by atoms with van der Waals surface area (Å²) in [6.45, 7) is 3.75. The fraction of sp³-hybridized carbons (Fsp3) is 0.250. The molecule has 0 aliphatic rings. The zero-order valence-corrected chi connectivity index (χ0v) is 7.09. The summed E-state index contributed by atoms with van der Waals surface area (Å²) in [7, 11) is 0. The molecule has 0 saturated heterocycles. The van der Waals surface area contributed by atoms with Crippen LogP contribution in [-0.4, -0.2) is 16.1 Å². The fourth-order valence-corrected chi connectivity index (χ4v) is 0.971. The molecule has 4 heteroatoms. The summed E-state index contributed by atoms with van der Waals surface area (Å²) in [4.78, 5) is 10.4. The summed E-state index contributed by atoms with van der Waals surface area (Å²) in [5, 5.41) is 6.77. The number of hydrogen-bond donors (Lipinski definition) is 2. The Labute approximate surface area is 70.5 Å². The molecule has 1 heterocycles. The molecule has 1 amide bonds. The first-order valence-electron chi connectivity index (χ1n) is 3.60. The van der Waals surface area contributed by atoms with Crippen LogP contribution in [0.15, 0.2) is 6.08 Å². The number of aryl methyl sites for hydroxylation is 2. The Morgan fingerprint density at radius 1 is 1.58 bits per heavy atom. The van der Waals surface area contributed by atoms with E-state index in [0.717, 1.165) is 17.0 Å². The second-order valence-electron chi connectivity index (χ2n) is 2.58. The van der Waals surface area contributed by atoms with Crippen LogP contribution in [0.2, 0.25) is 0 Å². The number of nitrogens with zero attached hydrogens (tertiary/aromatic N) is 1. The van der Waals surface area contributed by atoms with Crippen molar-refractivity contribution in [2.75, 3.05) is 0 Å². The van der Waals surface area contributed by atoms with Gasteiger partial charge in [0.2, 0.25) is 5.91 Å². The van der Waals surface area contributed by atoms with Gasteiger partial charge in [-0.05, 0) is 19.9 Å². The molecule has 1 rings (SSSR count). The van der Waals surface area contributed by atoms with Crippen LogP contribution in [0.4, 0.5) is 0 Å². The molecule has 64 valence electrons. The first-order valence-corrected chi connectivity index (χ1v) is 3.60. The summed E-state index contributed by atoms with van der Waals surface area (Å²) in [6.07, 6.45) is 2.99. The van der Waals surface area contributed by atoms with E-state index in [2.05, 4.69) is 10.2 Å². The van der Waals surface area contributed by atoms with Crippen molar-refractivity contribution in [2.24, 2.45) is 5.73 Å². The molecule has 0 radical (unpaired) electrons. The molecule has 0 aromatic carbocycles. The molecule has 0 unspecified atom stereocenters. The van der Waals surface area contributed by atoms with Gasteiger partial charge < -0.3 is 5.73 Å². The number of aromatic amines is 1. The zero-order valence-electron chi connectivity index (χ0n) is 7.09. The van der Waals surface area contributed by atoms with Crippen LogP contribution in [-0.2, 0) is 4.79 Å². The highest BCUT2D eigenvalue weighted by Gasteiger charge is 2.01. The van der Waals surface area contributed by atoms with Gasteiger partial charge in [0.25, 0.3) is 0 Å². The lowest BCUT2D eigenvalue weighted by molar-refractivity contribution is -0.113. The average Bonchev–Trinajstić information content (AvgIpc) is 2.28. The number of H-pyrrole nitrogens is 1. The molecule has 3 N–H and O–H groups in total. The van der Waals surface area contributed by atoms with Gasteiger partial charge in [0, 0.05) is 17.3 Å². The fourth-order valence-electron chi connectivity index (χ4n) is 0.971. The standard InChI is InChI=1S/C8H11N3O/c1-5-7(3-4-8(9)12)6(2)11-10-5/h3-4H,1-2H3,(H2,9,12)(H,10,11)/b4-3+. The van der Waals surface area contributed by atoms with Crippen molar-refractivity contribution in [1.82, 2.24) is 10.2 Å². The van der Waals surface area contributed by atoms with Crippen molar-refractivity contribution in [3.63, 3.8) is 0 Å². The molecule has 0 aliphatic heterocycles. The van der Waals surface area contributed by atoms with E-state index in [9.17, 15) is 4.79 Å². The maximum Gasteiger partial charge on any atom is 0.241 e. The van der Waals surface area contributed by atoms with Gasteiger partial charge in [0.1, 0.15) is 0 Å². The molecule has 1 aromatic heterocycles. The SMILES string of the molecule is Cc1n[nH]c(C)c1/C=C/C(N)=O. The largest absolute Gasteiger partial charge is 0.366 e. The molecular weight excluding hydrogens is 154 g/mol. The van der Waals surface area contributed by atoms with E-state index in [1.54, 1.807) is 6.08 Å². The van der Waals surface area contributed by atoms with Crippen LogP contribution in [0.5, 0.6) is 0 Å². The Morgan fingerprint density at radius 3 is 2.67 bits per heavy atom. The number of nitrogens with one attached hydrogen (secondary N) is 1. The Balaban J connectivity index is 2.95. The molecular formula is C8H11N3O. The van der Waals surface area contributed by atoms with Gasteiger partial charge in [-0.15, -0.1) is 0 Å². The monoisotopic (exact) mass is 165 g/mol. The molecule has 0 aliphatic carbocycles. The molecule has 0 bridgehead atoms. The van der Waals surface area contributed by atoms with E-state index < -0.39 is 5.91 Å². The summed E-state index contributed by atoms with van der Waals surface area (Å²) in [5.74, 6) is -0.449. The van der Waals surface area contributed by atoms with E-state index in [4.69, 9.17) is 5.73 Å². The Hall–Kier alpha value is -1.58. The second-order valence-corrected chi connectivity index (χ2v) is 2.58. The average molecular weight is 165 g/mol. The Kier molecular flexibility index (Phi) is 2.28. The van der Waals surface area contributed by atoms with Gasteiger partial charge >= 0.3 is 0 Å². The molecule has 0 saturated carbocycles. The molecule has 0 atom stereocenters. The Bertz CT molecular complexity index is 306. The third kappa shape index (κ3) is 1.72. The lowest BCUT2D eigenvalue weighted by Crippen LogP contribution is -2.05. The van der Waals surface area contributed by atoms with Crippen LogP contribution in [0.1, 0.15) is 17.0 Å². The van der Waals surface area contributed by atoms with E-state index in [0.29, 0.717) is 0 Å². The topological polar surface area (TPSA) is 71.8 Å². The lowest BCUT2D eigenvalue weighted by atomic mass is 10.2. The quantitative estimate of drug-likeness (QED) is 0.627. The van der Waals surface area contributed by atoms with Gasteiger partial charge in [-0.25, -0.2) is 0 Å². The van der Waals surface area contributed by atoms with Crippen LogP contribution in [0.25, 0.3) is 6.08 Å². The van der Waals surface area contributed by atoms with Crippen molar-refractivity contribution >= 4 is 12.0 Å². The van der Waals surface area contributed by atoms with Gasteiger partial charge in [0.15, 0.2) is 0 Å². The molecule has 12 heavy (non-hydrogen) atoms. The van der Waals surface area contributed by atoms with Gasteiger partial charge in [-0.1, -0.05) is 0 Å². The van der Waals surface area contributed by atoms with Crippen LogP contribution in [0.3, 0.4) is 0 Å². The summed E-state index contributed by atoms with van der Waals surface area (Å²) in [5.41, 5.74) is 7.68. The van der Waals surface area contributed by atoms with Crippen molar-refractivity contribution in [1.29, 1.82) is 0 Å². The number of aromatic nitrogens is 2. The van der Waals surface area contributed by atoms with Crippen LogP contribution >= 0.6 is 0 Å². The number of nitrogens with two attached hydrogens (primary N) is 1. The number of amides is 1. The van der Waals surface area contributed by atoms with E-state index >= 15 is 0 Å². The molecule has 0 fully saturated rings. The van der Waals surface area contributed by atoms with Gasteiger partial charge in [-0.2, -0.15) is 5.10 Å². The number of rotatable bonds is 2. The number of hydrogen-bond acceptors (Lipinski definition) is 2. The number of carbonyl (C=O) groups is 1. The minimum atomic E-state index is -0.449. The van der Waals surface area contributed by atoms with E-state index in [1.807, 2.05) is 13.8 Å². The summed E-state index contributed by atoms with van der Waals surface area (Å²) < 4.78 is 0. The van der Waals surface area contributed by atoms with Crippen molar-refractivity contribution < 1.29 is 4.79 Å². The Morgan fingerprint density at radius 2 is 2.25 bits per heavy atom. The highest BCUT2D eigenvalue weighted by Crippen LogP contribution is 2.10. The predicted molar refractivity (Wildman–Crippen MR) is 46.3 cm³/mol. The zero-order chi connectivity index (χ0) is 9.14. The second kappa shape index (κ2) is 3.21. The minimum Gasteiger partial charge on any atom is -0.366 e. The van der Waals surface area contributed by atoms with Gasteiger partial charge in [0.05, 0.1) is 5.69 Å². The molecule has 4 nitrogen and oxygen atoms in total. The van der Waals surface area contributed by atoms with E-state index in [-0.39, 0.29) is 0 Å². The predicted octanol–water partition coefficient (Wildman–Crippen LogP) is 0.525. The number of carbonyl (C=O) groups excluding carboxylic acids is 1. The number of primary amides is 1. The van der Waals surface area contributed by atoms with E-state index in [1.165, 1.54) is 6.08 Å². The molecule has 1 aromatic rings.